The van der Waals surface area contributed by atoms with Crippen molar-refractivity contribution in [1.82, 2.24) is 0 Å². The van der Waals surface area contributed by atoms with Crippen molar-refractivity contribution in [1.29, 1.82) is 0 Å². The average molecular weight is 667 g/mol. The lowest BCUT2D eigenvalue weighted by Gasteiger charge is -2.01. The summed E-state index contributed by atoms with van der Waals surface area (Å²) in [6, 6.07) is 0. The minimum absolute atomic E-state index is 0.491. The highest BCUT2D eigenvalue weighted by molar-refractivity contribution is 5.78. The summed E-state index contributed by atoms with van der Waals surface area (Å²) in [7, 11) is 0. The zero-order chi connectivity index (χ0) is 34.4. The number of carbonyl (C=O) groups excluding carboxylic acids is 3. The van der Waals surface area contributed by atoms with Crippen molar-refractivity contribution in [2.24, 2.45) is 0 Å². The highest BCUT2D eigenvalue weighted by Crippen LogP contribution is 2.15. The molecule has 48 heavy (non-hydrogen) atoms. The summed E-state index contributed by atoms with van der Waals surface area (Å²) < 4.78 is 0. The molecule has 3 heteroatoms. The van der Waals surface area contributed by atoms with Gasteiger partial charge in [-0.05, 0) is 116 Å². The lowest BCUT2D eigenvalue weighted by atomic mass is 10.0. The fourth-order valence-corrected chi connectivity index (χ4v) is 6.71. The van der Waals surface area contributed by atoms with E-state index in [0.29, 0.717) is 17.3 Å². The third-order valence-electron chi connectivity index (χ3n) is 9.96. The van der Waals surface area contributed by atoms with Crippen LogP contribution < -0.4 is 0 Å². The number of ketones is 3. The first-order valence-corrected chi connectivity index (χ1v) is 21.2. The molecule has 0 aromatic heterocycles. The zero-order valence-electron chi connectivity index (χ0n) is 31.6. The minimum Gasteiger partial charge on any atom is -0.300 e. The van der Waals surface area contributed by atoms with Gasteiger partial charge in [-0.25, -0.2) is 0 Å². The van der Waals surface area contributed by atoms with Crippen LogP contribution in [0.4, 0.5) is 0 Å². The van der Waals surface area contributed by atoms with Gasteiger partial charge >= 0.3 is 0 Å². The van der Waals surface area contributed by atoms with Crippen LogP contribution in [0, 0.1) is 0 Å². The Kier molecular flexibility index (Phi) is 33.7. The fraction of sp³-hybridized carbons (Fsp3) is 0.800. The van der Waals surface area contributed by atoms with Gasteiger partial charge in [0.25, 0.3) is 0 Å². The van der Waals surface area contributed by atoms with Crippen LogP contribution in [0.5, 0.6) is 0 Å². The molecule has 3 aliphatic carbocycles. The average Bonchev–Trinajstić information content (AvgIpc) is 3.11. The Labute approximate surface area is 298 Å². The van der Waals surface area contributed by atoms with Crippen LogP contribution in [0.3, 0.4) is 0 Å². The van der Waals surface area contributed by atoms with Crippen molar-refractivity contribution in [3.63, 3.8) is 0 Å². The molecule has 276 valence electrons. The number of allylic oxidation sites excluding steroid dienone is 6. The van der Waals surface area contributed by atoms with E-state index in [1.165, 1.54) is 154 Å². The monoisotopic (exact) mass is 667 g/mol. The Morgan fingerprint density at radius 2 is 0.354 bits per heavy atom. The summed E-state index contributed by atoms with van der Waals surface area (Å²) in [6.45, 7) is 0. The van der Waals surface area contributed by atoms with Crippen LogP contribution in [-0.4, -0.2) is 17.3 Å². The molecule has 0 heterocycles. The van der Waals surface area contributed by atoms with Crippen molar-refractivity contribution in [2.75, 3.05) is 0 Å². The molecule has 0 amide bonds. The third-order valence-corrected chi connectivity index (χ3v) is 9.96. The van der Waals surface area contributed by atoms with Gasteiger partial charge < -0.3 is 0 Å². The molecule has 0 aliphatic heterocycles. The van der Waals surface area contributed by atoms with Gasteiger partial charge in [0.15, 0.2) is 0 Å². The van der Waals surface area contributed by atoms with Crippen LogP contribution in [0.15, 0.2) is 36.5 Å². The molecule has 0 radical (unpaired) electrons. The summed E-state index contributed by atoms with van der Waals surface area (Å²) >= 11 is 0. The van der Waals surface area contributed by atoms with E-state index in [1.807, 2.05) is 0 Å². The maximum absolute atomic E-state index is 11.5. The second kappa shape index (κ2) is 36.5. The van der Waals surface area contributed by atoms with E-state index in [2.05, 4.69) is 36.5 Å². The number of Topliss-reactive ketones (excluding diaryl/α,β-unsaturated/α-hetero) is 3. The summed E-state index contributed by atoms with van der Waals surface area (Å²) in [6.07, 6.45) is 56.0. The van der Waals surface area contributed by atoms with Crippen molar-refractivity contribution in [3.05, 3.63) is 36.5 Å². The molecular formula is C45H78O3. The normalized spacial score (nSPS) is 24.4. The Morgan fingerprint density at radius 1 is 0.208 bits per heavy atom. The van der Waals surface area contributed by atoms with Crippen LogP contribution in [-0.2, 0) is 14.4 Å². The minimum atomic E-state index is 0.491. The summed E-state index contributed by atoms with van der Waals surface area (Å²) in [4.78, 5) is 34.5. The maximum atomic E-state index is 11.5. The third kappa shape index (κ3) is 34.1. The highest BCUT2D eigenvalue weighted by Gasteiger charge is 2.04. The van der Waals surface area contributed by atoms with Gasteiger partial charge in [0.05, 0.1) is 0 Å². The van der Waals surface area contributed by atoms with Crippen LogP contribution in [0.25, 0.3) is 0 Å². The van der Waals surface area contributed by atoms with Gasteiger partial charge in [-0.3, -0.25) is 14.4 Å². The summed E-state index contributed by atoms with van der Waals surface area (Å²) in [5.74, 6) is 1.48. The van der Waals surface area contributed by atoms with Crippen molar-refractivity contribution >= 4 is 17.3 Å². The second-order valence-corrected chi connectivity index (χ2v) is 14.7. The predicted molar refractivity (Wildman–Crippen MR) is 209 cm³/mol. The number of hydrogen-bond acceptors (Lipinski definition) is 3. The highest BCUT2D eigenvalue weighted by atomic mass is 16.1. The van der Waals surface area contributed by atoms with E-state index in [4.69, 9.17) is 0 Å². The second-order valence-electron chi connectivity index (χ2n) is 14.7. The molecule has 0 aromatic carbocycles. The van der Waals surface area contributed by atoms with Crippen LogP contribution in [0.2, 0.25) is 0 Å². The molecule has 0 fully saturated rings. The smallest absolute Gasteiger partial charge is 0.132 e. The first-order valence-electron chi connectivity index (χ1n) is 21.2. The summed E-state index contributed by atoms with van der Waals surface area (Å²) in [5.41, 5.74) is 0. The van der Waals surface area contributed by atoms with Crippen molar-refractivity contribution < 1.29 is 14.4 Å². The van der Waals surface area contributed by atoms with E-state index < -0.39 is 0 Å². The Morgan fingerprint density at radius 3 is 0.562 bits per heavy atom. The van der Waals surface area contributed by atoms with Gasteiger partial charge in [0.2, 0.25) is 0 Å². The lowest BCUT2D eigenvalue weighted by molar-refractivity contribution is -0.120. The quantitative estimate of drug-likeness (QED) is 0.242. The predicted octanol–water partition coefficient (Wildman–Crippen LogP) is 14.4. The summed E-state index contributed by atoms with van der Waals surface area (Å²) in [5, 5.41) is 0. The van der Waals surface area contributed by atoms with Crippen molar-refractivity contribution in [3.8, 4) is 0 Å². The first-order chi connectivity index (χ1) is 23.7. The molecule has 0 saturated heterocycles. The van der Waals surface area contributed by atoms with Gasteiger partial charge in [0.1, 0.15) is 17.3 Å². The molecule has 0 aromatic rings. The topological polar surface area (TPSA) is 51.2 Å². The van der Waals surface area contributed by atoms with E-state index in [-0.39, 0.29) is 0 Å². The molecule has 0 N–H and O–H groups in total. The number of hydrogen-bond donors (Lipinski definition) is 0. The molecule has 0 saturated carbocycles. The molecule has 3 nitrogen and oxygen atoms in total. The van der Waals surface area contributed by atoms with E-state index >= 15 is 0 Å². The van der Waals surface area contributed by atoms with Gasteiger partial charge in [0, 0.05) is 38.5 Å². The van der Waals surface area contributed by atoms with E-state index in [0.717, 1.165) is 77.0 Å². The first kappa shape index (κ1) is 44.3. The molecule has 0 atom stereocenters. The number of rotatable bonds is 0. The largest absolute Gasteiger partial charge is 0.300 e. The number of carbonyl (C=O) groups is 3. The molecule has 0 spiro atoms. The van der Waals surface area contributed by atoms with Crippen LogP contribution >= 0.6 is 0 Å². The van der Waals surface area contributed by atoms with E-state index in [1.54, 1.807) is 0 Å². The van der Waals surface area contributed by atoms with Gasteiger partial charge in [-0.2, -0.15) is 0 Å². The molecule has 0 unspecified atom stereocenters. The molecular weight excluding hydrogens is 588 g/mol. The van der Waals surface area contributed by atoms with E-state index in [9.17, 15) is 14.4 Å². The molecule has 0 bridgehead atoms. The fourth-order valence-electron chi connectivity index (χ4n) is 6.71. The lowest BCUT2D eigenvalue weighted by Crippen LogP contribution is -1.97. The Bertz CT molecular complexity index is 749. The standard InChI is InChI=1S/3C15H26O/c3*16-15-13-11-9-7-5-3-1-2-4-6-8-10-12-14-15/h1,3H,2,4-14H2;2*1-2H,3-14H2/b3-1+;2-1+;2-1-. The van der Waals surface area contributed by atoms with Gasteiger partial charge in [-0.15, -0.1) is 0 Å². The zero-order valence-corrected chi connectivity index (χ0v) is 31.6. The maximum Gasteiger partial charge on any atom is 0.132 e. The Balaban J connectivity index is 0.000000360. The van der Waals surface area contributed by atoms with Gasteiger partial charge in [-0.1, -0.05) is 114 Å². The molecule has 3 aliphatic rings. The molecule has 3 rings (SSSR count). The Hall–Kier alpha value is -1.77. The SMILES string of the molecule is O=C1CCCCC/C=C/CCCCCCC1.O=C1CCCCCC/C=C/CCCCCC1.O=C1CCCCCC/C=C\CCCCCC1. The van der Waals surface area contributed by atoms with Crippen LogP contribution in [0.1, 0.15) is 231 Å². The van der Waals surface area contributed by atoms with Crippen molar-refractivity contribution in [2.45, 2.75) is 231 Å².